The Labute approximate surface area is 109 Å². The molecule has 1 fully saturated rings. The molecule has 1 aromatic rings. The van der Waals surface area contributed by atoms with Crippen LogP contribution in [0.4, 0.5) is 0 Å². The Balaban J connectivity index is 2.41. The topological polar surface area (TPSA) is 26.3 Å². The lowest BCUT2D eigenvalue weighted by Crippen LogP contribution is -2.44. The predicted molar refractivity (Wildman–Crippen MR) is 72.3 cm³/mol. The summed E-state index contributed by atoms with van der Waals surface area (Å²) < 4.78 is 5.04. The summed E-state index contributed by atoms with van der Waals surface area (Å²) in [6, 6.07) is 10.4. The molecule has 0 radical (unpaired) electrons. The highest BCUT2D eigenvalue weighted by Gasteiger charge is 2.46. The third-order valence-corrected chi connectivity index (χ3v) is 4.50. The normalized spacial score (nSPS) is 31.9. The molecule has 98 valence electrons. The molecule has 2 heteroatoms. The highest BCUT2D eigenvalue weighted by molar-refractivity contribution is 5.75. The monoisotopic (exact) mass is 246 g/mol. The first-order valence-electron chi connectivity index (χ1n) is 6.73. The lowest BCUT2D eigenvalue weighted by Gasteiger charge is -2.43. The first-order valence-corrected chi connectivity index (χ1v) is 6.73. The molecule has 1 saturated carbocycles. The minimum atomic E-state index is -0.0912. The Morgan fingerprint density at radius 2 is 2.00 bits per heavy atom. The summed E-state index contributed by atoms with van der Waals surface area (Å²) in [5.74, 6) is 0.295. The quantitative estimate of drug-likeness (QED) is 0.746. The van der Waals surface area contributed by atoms with E-state index in [1.807, 2.05) is 18.2 Å². The molecule has 1 aliphatic carbocycles. The zero-order valence-corrected chi connectivity index (χ0v) is 11.5. The summed E-state index contributed by atoms with van der Waals surface area (Å²) in [5.41, 5.74) is 1.17. The van der Waals surface area contributed by atoms with Crippen molar-refractivity contribution < 1.29 is 9.53 Å². The van der Waals surface area contributed by atoms with Gasteiger partial charge in [-0.25, -0.2) is 0 Å². The minimum Gasteiger partial charge on any atom is -0.469 e. The molecule has 1 aliphatic rings. The second kappa shape index (κ2) is 5.13. The zero-order valence-electron chi connectivity index (χ0n) is 11.5. The molecule has 1 aromatic carbocycles. The number of ether oxygens (including phenoxy) is 1. The van der Waals surface area contributed by atoms with Crippen LogP contribution >= 0.6 is 0 Å². The van der Waals surface area contributed by atoms with Crippen molar-refractivity contribution in [2.24, 2.45) is 11.8 Å². The fraction of sp³-hybridized carbons (Fsp3) is 0.562. The smallest absolute Gasteiger partial charge is 0.309 e. The van der Waals surface area contributed by atoms with E-state index in [2.05, 4.69) is 26.0 Å². The van der Waals surface area contributed by atoms with Gasteiger partial charge < -0.3 is 4.74 Å². The van der Waals surface area contributed by atoms with Crippen molar-refractivity contribution in [2.75, 3.05) is 7.11 Å². The van der Waals surface area contributed by atoms with Crippen LogP contribution in [0.25, 0.3) is 0 Å². The van der Waals surface area contributed by atoms with Crippen molar-refractivity contribution in [3.8, 4) is 0 Å². The molecule has 0 heterocycles. The third-order valence-electron chi connectivity index (χ3n) is 4.50. The van der Waals surface area contributed by atoms with Crippen molar-refractivity contribution in [3.05, 3.63) is 35.9 Å². The molecule has 2 nitrogen and oxygen atoms in total. The second-order valence-corrected chi connectivity index (χ2v) is 5.65. The van der Waals surface area contributed by atoms with Crippen LogP contribution in [-0.4, -0.2) is 13.1 Å². The van der Waals surface area contributed by atoms with Crippen LogP contribution in [0, 0.1) is 11.8 Å². The maximum absolute atomic E-state index is 12.1. The van der Waals surface area contributed by atoms with Gasteiger partial charge in [0.15, 0.2) is 0 Å². The number of esters is 1. The van der Waals surface area contributed by atoms with Gasteiger partial charge in [0.2, 0.25) is 0 Å². The number of hydrogen-bond donors (Lipinski definition) is 0. The van der Waals surface area contributed by atoms with Gasteiger partial charge in [0.05, 0.1) is 13.0 Å². The first kappa shape index (κ1) is 13.1. The van der Waals surface area contributed by atoms with Crippen molar-refractivity contribution in [1.82, 2.24) is 0 Å². The van der Waals surface area contributed by atoms with Crippen LogP contribution in [0.2, 0.25) is 0 Å². The molecule has 2 rings (SSSR count). The minimum absolute atomic E-state index is 0.0290. The molecule has 0 unspecified atom stereocenters. The molecule has 0 aliphatic heterocycles. The van der Waals surface area contributed by atoms with E-state index in [-0.39, 0.29) is 17.3 Å². The van der Waals surface area contributed by atoms with E-state index in [1.54, 1.807) is 0 Å². The average Bonchev–Trinajstić information content (AvgIpc) is 2.39. The van der Waals surface area contributed by atoms with E-state index >= 15 is 0 Å². The molecule has 0 N–H and O–H groups in total. The van der Waals surface area contributed by atoms with Gasteiger partial charge in [-0.2, -0.15) is 0 Å². The molecular formula is C16H22O2. The van der Waals surface area contributed by atoms with Gasteiger partial charge in [-0.15, -0.1) is 0 Å². The molecule has 0 saturated heterocycles. The van der Waals surface area contributed by atoms with Crippen LogP contribution in [0.15, 0.2) is 30.3 Å². The summed E-state index contributed by atoms with van der Waals surface area (Å²) in [6.07, 6.45) is 3.35. The molecular weight excluding hydrogens is 224 g/mol. The van der Waals surface area contributed by atoms with Gasteiger partial charge in [0.1, 0.15) is 0 Å². The van der Waals surface area contributed by atoms with Crippen molar-refractivity contribution >= 4 is 5.97 Å². The van der Waals surface area contributed by atoms with E-state index in [9.17, 15) is 4.79 Å². The Bertz CT molecular complexity index is 412. The second-order valence-electron chi connectivity index (χ2n) is 5.65. The Morgan fingerprint density at radius 3 is 2.61 bits per heavy atom. The summed E-state index contributed by atoms with van der Waals surface area (Å²) in [6.45, 7) is 4.38. The first-order chi connectivity index (χ1) is 8.59. The predicted octanol–water partition coefficient (Wildman–Crippen LogP) is 3.55. The van der Waals surface area contributed by atoms with Gasteiger partial charge in [-0.1, -0.05) is 50.6 Å². The lowest BCUT2D eigenvalue weighted by molar-refractivity contribution is -0.151. The third kappa shape index (κ3) is 2.16. The standard InChI is InChI=1S/C16H22O2/c1-12-8-7-11-16(2,14(12)15(17)18-3)13-9-5-4-6-10-13/h4-6,9-10,12,14H,7-8,11H2,1-3H3/t12-,14-,16-/m0/s1. The van der Waals surface area contributed by atoms with Crippen LogP contribution in [0.3, 0.4) is 0 Å². The summed E-state index contributed by atoms with van der Waals surface area (Å²) in [5, 5.41) is 0. The fourth-order valence-electron chi connectivity index (χ4n) is 3.50. The van der Waals surface area contributed by atoms with E-state index in [0.29, 0.717) is 5.92 Å². The Kier molecular flexibility index (Phi) is 3.74. The van der Waals surface area contributed by atoms with Crippen LogP contribution in [-0.2, 0) is 14.9 Å². The average molecular weight is 246 g/mol. The van der Waals surface area contributed by atoms with E-state index in [0.717, 1.165) is 12.8 Å². The maximum atomic E-state index is 12.1. The molecule has 18 heavy (non-hydrogen) atoms. The van der Waals surface area contributed by atoms with E-state index in [1.165, 1.54) is 19.1 Å². The summed E-state index contributed by atoms with van der Waals surface area (Å²) in [4.78, 5) is 12.1. The SMILES string of the molecule is COC(=O)[C@@H]1[C@@H](C)CCC[C@@]1(C)c1ccccc1. The molecule has 3 atom stereocenters. The number of rotatable bonds is 2. The highest BCUT2D eigenvalue weighted by atomic mass is 16.5. The van der Waals surface area contributed by atoms with Crippen LogP contribution in [0.5, 0.6) is 0 Å². The molecule has 0 aromatic heterocycles. The van der Waals surface area contributed by atoms with Gasteiger partial charge in [-0.3, -0.25) is 4.79 Å². The highest BCUT2D eigenvalue weighted by Crippen LogP contribution is 2.46. The zero-order chi connectivity index (χ0) is 13.2. The van der Waals surface area contributed by atoms with Gasteiger partial charge in [-0.05, 0) is 24.3 Å². The van der Waals surface area contributed by atoms with Gasteiger partial charge >= 0.3 is 5.97 Å². The molecule has 0 spiro atoms. The fourth-order valence-corrected chi connectivity index (χ4v) is 3.50. The number of benzene rings is 1. The van der Waals surface area contributed by atoms with Crippen molar-refractivity contribution in [2.45, 2.75) is 38.5 Å². The van der Waals surface area contributed by atoms with Gasteiger partial charge in [0, 0.05) is 5.41 Å². The number of hydrogen-bond acceptors (Lipinski definition) is 2. The number of carbonyl (C=O) groups is 1. The molecule has 0 bridgehead atoms. The van der Waals surface area contributed by atoms with Crippen LogP contribution in [0.1, 0.15) is 38.7 Å². The summed E-state index contributed by atoms with van der Waals surface area (Å²) >= 11 is 0. The van der Waals surface area contributed by atoms with Crippen molar-refractivity contribution in [3.63, 3.8) is 0 Å². The summed E-state index contributed by atoms with van der Waals surface area (Å²) in [7, 11) is 1.50. The number of carbonyl (C=O) groups excluding carboxylic acids is 1. The lowest BCUT2D eigenvalue weighted by atomic mass is 9.60. The molecule has 0 amide bonds. The Morgan fingerprint density at radius 1 is 1.33 bits per heavy atom. The van der Waals surface area contributed by atoms with E-state index in [4.69, 9.17) is 4.74 Å². The largest absolute Gasteiger partial charge is 0.469 e. The van der Waals surface area contributed by atoms with Gasteiger partial charge in [0.25, 0.3) is 0 Å². The van der Waals surface area contributed by atoms with Crippen LogP contribution < -0.4 is 0 Å². The Hall–Kier alpha value is -1.31. The van der Waals surface area contributed by atoms with Crippen molar-refractivity contribution in [1.29, 1.82) is 0 Å². The van der Waals surface area contributed by atoms with E-state index < -0.39 is 0 Å². The number of methoxy groups -OCH3 is 1. The maximum Gasteiger partial charge on any atom is 0.309 e.